The van der Waals surface area contributed by atoms with Gasteiger partial charge >= 0.3 is 0 Å². The highest BCUT2D eigenvalue weighted by Crippen LogP contribution is 2.23. The van der Waals surface area contributed by atoms with Gasteiger partial charge in [-0.05, 0) is 45.7 Å². The van der Waals surface area contributed by atoms with Crippen molar-refractivity contribution in [3.63, 3.8) is 0 Å². The van der Waals surface area contributed by atoms with Crippen LogP contribution in [0.15, 0.2) is 12.1 Å². The van der Waals surface area contributed by atoms with E-state index in [1.165, 1.54) is 48.8 Å². The lowest BCUT2D eigenvalue weighted by molar-refractivity contribution is 0.0595. The minimum Gasteiger partial charge on any atom is -0.309 e. The molecule has 1 N–H and O–H groups in total. The van der Waals surface area contributed by atoms with E-state index in [1.54, 1.807) is 0 Å². The lowest BCUT2D eigenvalue weighted by atomic mass is 10.1. The molecule has 118 valence electrons. The van der Waals surface area contributed by atoms with Gasteiger partial charge in [0.15, 0.2) is 0 Å². The average Bonchev–Trinajstić information content (AvgIpc) is 3.16. The topological polar surface area (TPSA) is 18.5 Å². The number of hydrogen-bond donors (Lipinski definition) is 1. The van der Waals surface area contributed by atoms with Crippen LogP contribution in [0.4, 0.5) is 0 Å². The molecule has 0 amide bonds. The first-order chi connectivity index (χ1) is 10.0. The van der Waals surface area contributed by atoms with Crippen molar-refractivity contribution in [2.75, 3.05) is 26.2 Å². The van der Waals surface area contributed by atoms with Gasteiger partial charge in [0.25, 0.3) is 0 Å². The van der Waals surface area contributed by atoms with E-state index in [1.807, 2.05) is 11.3 Å². The first-order valence-corrected chi connectivity index (χ1v) is 9.11. The van der Waals surface area contributed by atoms with Crippen molar-refractivity contribution in [3.05, 3.63) is 21.9 Å². The van der Waals surface area contributed by atoms with Crippen molar-refractivity contribution < 1.29 is 0 Å². The van der Waals surface area contributed by atoms with Crippen molar-refractivity contribution >= 4 is 11.3 Å². The van der Waals surface area contributed by atoms with Crippen LogP contribution in [0.25, 0.3) is 0 Å². The Morgan fingerprint density at radius 1 is 1.10 bits per heavy atom. The fourth-order valence-electron chi connectivity index (χ4n) is 2.93. The molecule has 1 aliphatic carbocycles. The Balaban J connectivity index is 1.44. The maximum atomic E-state index is 3.60. The molecule has 0 unspecified atom stereocenters. The van der Waals surface area contributed by atoms with Crippen LogP contribution in [-0.2, 0) is 13.1 Å². The largest absolute Gasteiger partial charge is 0.309 e. The zero-order chi connectivity index (χ0) is 14.9. The second-order valence-electron chi connectivity index (χ2n) is 7.46. The fraction of sp³-hybridized carbons (Fsp3) is 0.765. The summed E-state index contributed by atoms with van der Waals surface area (Å²) in [4.78, 5) is 8.21. The molecule has 1 saturated carbocycles. The van der Waals surface area contributed by atoms with Crippen molar-refractivity contribution in [1.82, 2.24) is 15.1 Å². The normalized spacial score (nSPS) is 21.9. The zero-order valence-corrected chi connectivity index (χ0v) is 14.5. The van der Waals surface area contributed by atoms with Crippen molar-refractivity contribution in [1.29, 1.82) is 0 Å². The first-order valence-electron chi connectivity index (χ1n) is 8.29. The predicted octanol–water partition coefficient (Wildman–Crippen LogP) is 2.92. The van der Waals surface area contributed by atoms with E-state index < -0.39 is 0 Å². The van der Waals surface area contributed by atoms with Gasteiger partial charge in [-0.2, -0.15) is 0 Å². The van der Waals surface area contributed by atoms with Crippen LogP contribution in [0.3, 0.4) is 0 Å². The Hall–Kier alpha value is -0.420. The standard InChI is InChI=1S/C17H29N3S/c1-17(2,3)20-10-8-19(9-11-20)13-16-7-6-15(21-16)12-18-14-4-5-14/h6-7,14,18H,4-5,8-13H2,1-3H3. The van der Waals surface area contributed by atoms with Crippen LogP contribution in [0, 0.1) is 0 Å². The molecule has 1 aliphatic heterocycles. The van der Waals surface area contributed by atoms with Gasteiger partial charge in [0.2, 0.25) is 0 Å². The van der Waals surface area contributed by atoms with E-state index in [9.17, 15) is 0 Å². The summed E-state index contributed by atoms with van der Waals surface area (Å²) in [6.45, 7) is 14.0. The van der Waals surface area contributed by atoms with Gasteiger partial charge in [0.05, 0.1) is 0 Å². The quantitative estimate of drug-likeness (QED) is 0.902. The SMILES string of the molecule is CC(C)(C)N1CCN(Cc2ccc(CNC3CC3)s2)CC1. The molecule has 0 aromatic carbocycles. The third-order valence-corrected chi connectivity index (χ3v) is 5.63. The highest BCUT2D eigenvalue weighted by Gasteiger charge is 2.26. The molecule has 0 radical (unpaired) electrons. The molecular formula is C17H29N3S. The van der Waals surface area contributed by atoms with E-state index in [2.05, 4.69) is 48.0 Å². The van der Waals surface area contributed by atoms with Gasteiger partial charge in [-0.1, -0.05) is 0 Å². The number of nitrogens with one attached hydrogen (secondary N) is 1. The number of piperazine rings is 1. The van der Waals surface area contributed by atoms with Gasteiger partial charge in [0, 0.05) is 60.6 Å². The molecule has 4 heteroatoms. The lowest BCUT2D eigenvalue weighted by Gasteiger charge is -2.42. The van der Waals surface area contributed by atoms with Crippen LogP contribution in [0.1, 0.15) is 43.4 Å². The summed E-state index contributed by atoms with van der Waals surface area (Å²) >= 11 is 1.98. The van der Waals surface area contributed by atoms with Crippen LogP contribution in [0.2, 0.25) is 0 Å². The smallest absolute Gasteiger partial charge is 0.0329 e. The monoisotopic (exact) mass is 307 g/mol. The second-order valence-corrected chi connectivity index (χ2v) is 8.71. The van der Waals surface area contributed by atoms with Crippen LogP contribution in [0.5, 0.6) is 0 Å². The molecule has 1 aromatic heterocycles. The fourth-order valence-corrected chi connectivity index (χ4v) is 3.94. The van der Waals surface area contributed by atoms with Crippen LogP contribution in [-0.4, -0.2) is 47.6 Å². The summed E-state index contributed by atoms with van der Waals surface area (Å²) in [6, 6.07) is 5.44. The third kappa shape index (κ3) is 4.52. The third-order valence-electron chi connectivity index (χ3n) is 4.56. The molecule has 1 aromatic rings. The first kappa shape index (κ1) is 15.5. The van der Waals surface area contributed by atoms with E-state index in [-0.39, 0.29) is 0 Å². The number of nitrogens with zero attached hydrogens (tertiary/aromatic N) is 2. The second kappa shape index (κ2) is 6.37. The van der Waals surface area contributed by atoms with Gasteiger partial charge in [-0.3, -0.25) is 9.80 Å². The summed E-state index contributed by atoms with van der Waals surface area (Å²) in [5, 5.41) is 3.60. The van der Waals surface area contributed by atoms with Crippen LogP contribution < -0.4 is 5.32 Å². The van der Waals surface area contributed by atoms with E-state index >= 15 is 0 Å². The summed E-state index contributed by atoms with van der Waals surface area (Å²) in [5.74, 6) is 0. The van der Waals surface area contributed by atoms with Crippen molar-refractivity contribution in [2.24, 2.45) is 0 Å². The molecule has 3 rings (SSSR count). The number of rotatable bonds is 5. The molecule has 0 bridgehead atoms. The molecule has 2 fully saturated rings. The zero-order valence-electron chi connectivity index (χ0n) is 13.7. The van der Waals surface area contributed by atoms with E-state index in [4.69, 9.17) is 0 Å². The summed E-state index contributed by atoms with van der Waals surface area (Å²) in [5.41, 5.74) is 0.316. The summed E-state index contributed by atoms with van der Waals surface area (Å²) in [7, 11) is 0. The summed E-state index contributed by atoms with van der Waals surface area (Å²) < 4.78 is 0. The van der Waals surface area contributed by atoms with Crippen molar-refractivity contribution in [3.8, 4) is 0 Å². The van der Waals surface area contributed by atoms with Crippen molar-refractivity contribution in [2.45, 2.75) is 58.3 Å². The molecule has 21 heavy (non-hydrogen) atoms. The highest BCUT2D eigenvalue weighted by atomic mass is 32.1. The molecular weight excluding hydrogens is 278 g/mol. The average molecular weight is 308 g/mol. The minimum atomic E-state index is 0.316. The lowest BCUT2D eigenvalue weighted by Crippen LogP contribution is -2.53. The summed E-state index contributed by atoms with van der Waals surface area (Å²) in [6.07, 6.45) is 2.74. The van der Waals surface area contributed by atoms with E-state index in [0.29, 0.717) is 5.54 Å². The molecule has 3 nitrogen and oxygen atoms in total. The number of hydrogen-bond acceptors (Lipinski definition) is 4. The molecule has 1 saturated heterocycles. The number of thiophene rings is 1. The Labute approximate surface area is 133 Å². The minimum absolute atomic E-state index is 0.316. The molecule has 2 heterocycles. The van der Waals surface area contributed by atoms with Gasteiger partial charge in [-0.25, -0.2) is 0 Å². The maximum absolute atomic E-state index is 3.60. The Bertz CT molecular complexity index is 451. The van der Waals surface area contributed by atoms with Gasteiger partial charge < -0.3 is 5.32 Å². The molecule has 0 atom stereocenters. The molecule has 0 spiro atoms. The Kier molecular flexibility index (Phi) is 4.69. The predicted molar refractivity (Wildman–Crippen MR) is 90.8 cm³/mol. The maximum Gasteiger partial charge on any atom is 0.0329 e. The van der Waals surface area contributed by atoms with E-state index in [0.717, 1.165) is 19.1 Å². The van der Waals surface area contributed by atoms with Crippen LogP contribution >= 0.6 is 11.3 Å². The van der Waals surface area contributed by atoms with Gasteiger partial charge in [0.1, 0.15) is 0 Å². The molecule has 2 aliphatic rings. The highest BCUT2D eigenvalue weighted by molar-refractivity contribution is 7.11. The Morgan fingerprint density at radius 3 is 2.38 bits per heavy atom. The van der Waals surface area contributed by atoms with Gasteiger partial charge in [-0.15, -0.1) is 11.3 Å². The Morgan fingerprint density at radius 2 is 1.76 bits per heavy atom.